The summed E-state index contributed by atoms with van der Waals surface area (Å²) >= 11 is 6.66. The Bertz CT molecular complexity index is 1270. The highest BCUT2D eigenvalue weighted by atomic mass is 35.5. The van der Waals surface area contributed by atoms with Crippen molar-refractivity contribution in [1.82, 2.24) is 20.1 Å². The molecule has 0 spiro atoms. The molecule has 0 radical (unpaired) electrons. The molecule has 0 amide bonds. The molecule has 1 atom stereocenters. The molecule has 36 heavy (non-hydrogen) atoms. The molecule has 1 saturated heterocycles. The Morgan fingerprint density at radius 3 is 2.67 bits per heavy atom. The Labute approximate surface area is 215 Å². The van der Waals surface area contributed by atoms with Crippen LogP contribution in [0.3, 0.4) is 0 Å². The normalized spacial score (nSPS) is 20.2. The second-order valence-corrected chi connectivity index (χ2v) is 10.7. The molecule has 3 heterocycles. The fourth-order valence-corrected chi connectivity index (χ4v) is 5.61. The predicted octanol–water partition coefficient (Wildman–Crippen LogP) is 5.36. The van der Waals surface area contributed by atoms with Crippen LogP contribution in [0.2, 0.25) is 5.02 Å². The van der Waals surface area contributed by atoms with Gasteiger partial charge < -0.3 is 20.5 Å². The first-order chi connectivity index (χ1) is 17.4. The standard InChI is InChI=1S/C27H31ClFN5O2/c1-16(35)33-26-23(12-18(13-31-26)19-14-32-34(15-19)20-6-10-30-11-7-20)36-27(8-9-27)25-21(28)4-5-22(29)24(25)17-2-3-17/h4-5,12-17,20,30,35H,2-3,6-11H2,1H3,(H,31,33). The lowest BCUT2D eigenvalue weighted by molar-refractivity contribution is 0.177. The lowest BCUT2D eigenvalue weighted by Gasteiger charge is -2.25. The Morgan fingerprint density at radius 2 is 1.97 bits per heavy atom. The minimum absolute atomic E-state index is 0.195. The maximum Gasteiger partial charge on any atom is 0.170 e. The molecule has 1 aromatic carbocycles. The van der Waals surface area contributed by atoms with Gasteiger partial charge in [0.25, 0.3) is 0 Å². The van der Waals surface area contributed by atoms with Crippen molar-refractivity contribution in [2.24, 2.45) is 0 Å². The largest absolute Gasteiger partial charge is 0.479 e. The zero-order valence-electron chi connectivity index (χ0n) is 20.3. The first-order valence-corrected chi connectivity index (χ1v) is 13.2. The topological polar surface area (TPSA) is 84.2 Å². The van der Waals surface area contributed by atoms with Gasteiger partial charge in [-0.25, -0.2) is 9.37 Å². The minimum Gasteiger partial charge on any atom is -0.479 e. The summed E-state index contributed by atoms with van der Waals surface area (Å²) in [4.78, 5) is 4.58. The Kier molecular flexibility index (Phi) is 6.14. The van der Waals surface area contributed by atoms with Gasteiger partial charge in [-0.05, 0) is 88.2 Å². The number of rotatable bonds is 8. The van der Waals surface area contributed by atoms with Crippen LogP contribution in [-0.2, 0) is 5.60 Å². The highest BCUT2D eigenvalue weighted by molar-refractivity contribution is 6.31. The minimum atomic E-state index is -0.816. The number of hydrogen-bond donors (Lipinski definition) is 3. The van der Waals surface area contributed by atoms with Crippen molar-refractivity contribution in [3.05, 3.63) is 58.8 Å². The van der Waals surface area contributed by atoms with Crippen molar-refractivity contribution in [2.75, 3.05) is 18.4 Å². The second kappa shape index (κ2) is 9.32. The molecule has 7 nitrogen and oxygen atoms in total. The molecule has 3 fully saturated rings. The van der Waals surface area contributed by atoms with Crippen molar-refractivity contribution >= 4 is 17.4 Å². The number of piperidine rings is 1. The van der Waals surface area contributed by atoms with Crippen LogP contribution in [0, 0.1) is 5.82 Å². The van der Waals surface area contributed by atoms with Crippen LogP contribution in [-0.4, -0.2) is 39.2 Å². The van der Waals surface area contributed by atoms with E-state index < -0.39 is 11.8 Å². The van der Waals surface area contributed by atoms with Crippen LogP contribution in [0.15, 0.2) is 36.8 Å². The van der Waals surface area contributed by atoms with Crippen LogP contribution in [0.25, 0.3) is 11.1 Å². The van der Waals surface area contributed by atoms with E-state index >= 15 is 0 Å². The van der Waals surface area contributed by atoms with Gasteiger partial charge >= 0.3 is 0 Å². The van der Waals surface area contributed by atoms with Gasteiger partial charge in [-0.1, -0.05) is 11.6 Å². The first-order valence-electron chi connectivity index (χ1n) is 12.8. The van der Waals surface area contributed by atoms with Gasteiger partial charge in [-0.2, -0.15) is 5.10 Å². The average molecular weight is 512 g/mol. The van der Waals surface area contributed by atoms with E-state index in [-0.39, 0.29) is 11.7 Å². The van der Waals surface area contributed by atoms with E-state index in [1.54, 1.807) is 19.2 Å². The number of nitrogens with one attached hydrogen (secondary N) is 2. The highest BCUT2D eigenvalue weighted by Gasteiger charge is 2.52. The molecule has 2 aliphatic carbocycles. The lowest BCUT2D eigenvalue weighted by Crippen LogP contribution is -2.29. The van der Waals surface area contributed by atoms with Crippen LogP contribution >= 0.6 is 11.6 Å². The molecule has 190 valence electrons. The number of halogens is 2. The summed E-state index contributed by atoms with van der Waals surface area (Å²) in [7, 11) is 0. The molecule has 2 saturated carbocycles. The van der Waals surface area contributed by atoms with E-state index in [4.69, 9.17) is 16.3 Å². The van der Waals surface area contributed by atoms with Crippen molar-refractivity contribution in [3.63, 3.8) is 0 Å². The molecular formula is C27H31ClFN5O2. The second-order valence-electron chi connectivity index (χ2n) is 10.3. The van der Waals surface area contributed by atoms with E-state index in [0.717, 1.165) is 68.3 Å². The summed E-state index contributed by atoms with van der Waals surface area (Å²) in [6.45, 7) is 3.61. The van der Waals surface area contributed by atoms with E-state index in [9.17, 15) is 9.50 Å². The molecule has 1 aliphatic heterocycles. The smallest absolute Gasteiger partial charge is 0.170 e. The third-order valence-electron chi connectivity index (χ3n) is 7.41. The van der Waals surface area contributed by atoms with E-state index in [1.165, 1.54) is 6.07 Å². The Hall–Kier alpha value is -2.68. The van der Waals surface area contributed by atoms with Crippen molar-refractivity contribution in [3.8, 4) is 16.9 Å². The van der Waals surface area contributed by atoms with Crippen LogP contribution in [0.1, 0.15) is 68.5 Å². The van der Waals surface area contributed by atoms with Crippen molar-refractivity contribution in [1.29, 1.82) is 0 Å². The monoisotopic (exact) mass is 511 g/mol. The molecule has 3 aliphatic rings. The van der Waals surface area contributed by atoms with Gasteiger partial charge in [0, 0.05) is 34.1 Å². The van der Waals surface area contributed by atoms with Crippen LogP contribution in [0.4, 0.5) is 10.2 Å². The van der Waals surface area contributed by atoms with Gasteiger partial charge in [0.15, 0.2) is 11.6 Å². The average Bonchev–Trinajstić information content (AvgIpc) is 3.80. The van der Waals surface area contributed by atoms with Gasteiger partial charge in [0.1, 0.15) is 17.6 Å². The fraction of sp³-hybridized carbons (Fsp3) is 0.481. The number of anilines is 1. The summed E-state index contributed by atoms with van der Waals surface area (Å²) in [6, 6.07) is 5.38. The molecule has 3 N–H and O–H groups in total. The third kappa shape index (κ3) is 4.58. The van der Waals surface area contributed by atoms with E-state index in [1.807, 2.05) is 16.9 Å². The lowest BCUT2D eigenvalue weighted by atomic mass is 9.96. The molecule has 6 rings (SSSR count). The number of aromatic nitrogens is 3. The number of aliphatic hydroxyl groups excluding tert-OH is 1. The summed E-state index contributed by atoms with van der Waals surface area (Å²) in [6.07, 6.45) is 10.3. The highest BCUT2D eigenvalue weighted by Crippen LogP contribution is 2.57. The van der Waals surface area contributed by atoms with Crippen LogP contribution in [0.5, 0.6) is 5.75 Å². The van der Waals surface area contributed by atoms with E-state index in [2.05, 4.69) is 26.9 Å². The number of ether oxygens (including phenoxy) is 1. The van der Waals surface area contributed by atoms with E-state index in [0.29, 0.717) is 28.2 Å². The van der Waals surface area contributed by atoms with Crippen LogP contribution < -0.4 is 15.4 Å². The maximum absolute atomic E-state index is 14.9. The van der Waals surface area contributed by atoms with Crippen molar-refractivity contribution in [2.45, 2.75) is 69.2 Å². The van der Waals surface area contributed by atoms with Gasteiger partial charge in [-0.3, -0.25) is 4.68 Å². The summed E-state index contributed by atoms with van der Waals surface area (Å²) < 4.78 is 23.6. The first kappa shape index (κ1) is 23.7. The Balaban J connectivity index is 1.35. The number of nitrogens with zero attached hydrogens (tertiary/aromatic N) is 3. The fourth-order valence-electron chi connectivity index (χ4n) is 5.27. The number of aliphatic hydroxyl groups is 1. The molecule has 0 bridgehead atoms. The number of benzene rings is 1. The number of hydrogen-bond acceptors (Lipinski definition) is 6. The number of pyridine rings is 1. The zero-order chi connectivity index (χ0) is 24.9. The van der Waals surface area contributed by atoms with Gasteiger partial charge in [0.2, 0.25) is 0 Å². The molecule has 2 aromatic heterocycles. The molecular weight excluding hydrogens is 481 g/mol. The quantitative estimate of drug-likeness (QED) is 0.353. The van der Waals surface area contributed by atoms with Crippen molar-refractivity contribution < 1.29 is 14.2 Å². The SMILES string of the molecule is CC(O)Nc1ncc(-c2cnn(C3CCNCC3)c2)cc1OC1(c2c(Cl)ccc(F)c2C2CC2)CC1. The third-order valence-corrected chi connectivity index (χ3v) is 7.72. The summed E-state index contributed by atoms with van der Waals surface area (Å²) in [5, 5.41) is 21.5. The molecule has 1 unspecified atom stereocenters. The molecule has 9 heteroatoms. The zero-order valence-corrected chi connectivity index (χ0v) is 21.1. The Morgan fingerprint density at radius 1 is 1.19 bits per heavy atom. The van der Waals surface area contributed by atoms with Gasteiger partial charge in [-0.15, -0.1) is 0 Å². The van der Waals surface area contributed by atoms with Gasteiger partial charge in [0.05, 0.1) is 12.2 Å². The predicted molar refractivity (Wildman–Crippen MR) is 137 cm³/mol. The maximum atomic E-state index is 14.9. The summed E-state index contributed by atoms with van der Waals surface area (Å²) in [5.41, 5.74) is 2.56. The summed E-state index contributed by atoms with van der Waals surface area (Å²) in [5.74, 6) is 0.917. The molecule has 3 aromatic rings.